The Morgan fingerprint density at radius 1 is 1.19 bits per heavy atom. The molecule has 0 bridgehead atoms. The van der Waals surface area contributed by atoms with Gasteiger partial charge in [-0.15, -0.1) is 0 Å². The largest absolute Gasteiger partial charge is 0.383 e. The molecule has 0 fully saturated rings. The van der Waals surface area contributed by atoms with E-state index >= 15 is 0 Å². The maximum atomic E-state index is 11.9. The number of nitrogen functional groups attached to an aromatic ring is 2. The van der Waals surface area contributed by atoms with Crippen LogP contribution in [0.4, 0.5) is 17.3 Å². The molecule has 2 rings (SSSR count). The number of hydrogen-bond donors (Lipinski definition) is 3. The van der Waals surface area contributed by atoms with Crippen LogP contribution in [0.25, 0.3) is 0 Å². The molecule has 1 aromatic heterocycles. The number of aromatic nitrogens is 2. The van der Waals surface area contributed by atoms with E-state index in [-0.39, 0.29) is 23.3 Å². The Balaban J connectivity index is 1.97. The summed E-state index contributed by atoms with van der Waals surface area (Å²) in [5.41, 5.74) is 11.5. The molecule has 1 heterocycles. The number of benzene rings is 1. The molecule has 0 atom stereocenters. The molecule has 0 aliphatic heterocycles. The van der Waals surface area contributed by atoms with Crippen LogP contribution in [-0.4, -0.2) is 21.6 Å². The van der Waals surface area contributed by atoms with Gasteiger partial charge in [-0.1, -0.05) is 35.0 Å². The van der Waals surface area contributed by atoms with E-state index < -0.39 is 0 Å². The van der Waals surface area contributed by atoms with Crippen LogP contribution in [0, 0.1) is 0 Å². The van der Waals surface area contributed by atoms with Crippen molar-refractivity contribution in [2.75, 3.05) is 22.5 Å². The number of amides is 1. The standard InChI is InChI=1S/C12H11Cl2N5OS/c13-6-1-2-7(14)8(3-6)17-11(20)5-21-12-18-9(15)4-10(16)19-12/h1-4H,5H2,(H,17,20)(H4,15,16,18,19). The number of rotatable bonds is 4. The molecule has 5 N–H and O–H groups in total. The summed E-state index contributed by atoms with van der Waals surface area (Å²) >= 11 is 12.9. The molecular weight excluding hydrogens is 333 g/mol. The van der Waals surface area contributed by atoms with Crippen molar-refractivity contribution < 1.29 is 4.79 Å². The molecule has 0 spiro atoms. The minimum atomic E-state index is -0.270. The van der Waals surface area contributed by atoms with Gasteiger partial charge in [0, 0.05) is 11.1 Å². The van der Waals surface area contributed by atoms with Crippen molar-refractivity contribution in [3.63, 3.8) is 0 Å². The van der Waals surface area contributed by atoms with E-state index in [1.54, 1.807) is 18.2 Å². The van der Waals surface area contributed by atoms with Gasteiger partial charge in [0.05, 0.1) is 16.5 Å². The topological polar surface area (TPSA) is 107 Å². The number of halogens is 2. The zero-order valence-corrected chi connectivity index (χ0v) is 13.0. The molecule has 1 aromatic carbocycles. The van der Waals surface area contributed by atoms with E-state index in [1.165, 1.54) is 6.07 Å². The Morgan fingerprint density at radius 2 is 1.86 bits per heavy atom. The summed E-state index contributed by atoms with van der Waals surface area (Å²) in [6.07, 6.45) is 0. The predicted molar refractivity (Wildman–Crippen MR) is 86.7 cm³/mol. The minimum absolute atomic E-state index is 0.0890. The molecule has 6 nitrogen and oxygen atoms in total. The summed E-state index contributed by atoms with van der Waals surface area (Å²) in [5.74, 6) is 0.325. The van der Waals surface area contributed by atoms with E-state index in [4.69, 9.17) is 34.7 Å². The Kier molecular flexibility index (Phi) is 5.11. The van der Waals surface area contributed by atoms with Gasteiger partial charge in [-0.25, -0.2) is 9.97 Å². The second kappa shape index (κ2) is 6.84. The Morgan fingerprint density at radius 3 is 2.52 bits per heavy atom. The number of nitrogens with zero attached hydrogens (tertiary/aromatic N) is 2. The van der Waals surface area contributed by atoms with Gasteiger partial charge in [-0.2, -0.15) is 0 Å². The van der Waals surface area contributed by atoms with Crippen LogP contribution >= 0.6 is 35.0 Å². The van der Waals surface area contributed by atoms with Crippen LogP contribution < -0.4 is 16.8 Å². The van der Waals surface area contributed by atoms with Crippen molar-refractivity contribution in [1.29, 1.82) is 0 Å². The number of carbonyl (C=O) groups excluding carboxylic acids is 1. The molecule has 0 unspecified atom stereocenters. The van der Waals surface area contributed by atoms with Gasteiger partial charge >= 0.3 is 0 Å². The molecule has 1 amide bonds. The summed E-state index contributed by atoms with van der Waals surface area (Å²) in [4.78, 5) is 19.8. The molecule has 0 aliphatic rings. The van der Waals surface area contributed by atoms with Crippen LogP contribution in [-0.2, 0) is 4.79 Å². The normalized spacial score (nSPS) is 10.4. The molecule has 0 saturated carbocycles. The number of nitrogens with one attached hydrogen (secondary N) is 1. The predicted octanol–water partition coefficient (Wildman–Crippen LogP) is 2.68. The maximum Gasteiger partial charge on any atom is 0.234 e. The molecule has 0 saturated heterocycles. The lowest BCUT2D eigenvalue weighted by Gasteiger charge is -2.07. The first-order chi connectivity index (χ1) is 9.94. The third-order valence-electron chi connectivity index (χ3n) is 2.28. The van der Waals surface area contributed by atoms with E-state index in [9.17, 15) is 4.79 Å². The molecule has 0 radical (unpaired) electrons. The lowest BCUT2D eigenvalue weighted by atomic mass is 10.3. The zero-order chi connectivity index (χ0) is 15.4. The molecule has 110 valence electrons. The van der Waals surface area contributed by atoms with Gasteiger partial charge in [-0.05, 0) is 18.2 Å². The van der Waals surface area contributed by atoms with Gasteiger partial charge in [0.2, 0.25) is 5.91 Å². The maximum absolute atomic E-state index is 11.9. The Labute approximate surface area is 135 Å². The van der Waals surface area contributed by atoms with Crippen LogP contribution in [0.2, 0.25) is 10.0 Å². The van der Waals surface area contributed by atoms with Crippen molar-refractivity contribution in [2.24, 2.45) is 0 Å². The van der Waals surface area contributed by atoms with Crippen LogP contribution in [0.1, 0.15) is 0 Å². The fourth-order valence-electron chi connectivity index (χ4n) is 1.44. The van der Waals surface area contributed by atoms with Crippen molar-refractivity contribution in [3.05, 3.63) is 34.3 Å². The second-order valence-electron chi connectivity index (χ2n) is 3.96. The first kappa shape index (κ1) is 15.7. The summed E-state index contributed by atoms with van der Waals surface area (Å²) in [7, 11) is 0. The first-order valence-corrected chi connectivity index (χ1v) is 7.46. The Hall–Kier alpha value is -1.70. The zero-order valence-electron chi connectivity index (χ0n) is 10.6. The molecule has 21 heavy (non-hydrogen) atoms. The summed E-state index contributed by atoms with van der Waals surface area (Å²) in [6.45, 7) is 0. The van der Waals surface area contributed by atoms with Gasteiger partial charge in [0.15, 0.2) is 5.16 Å². The van der Waals surface area contributed by atoms with Crippen LogP contribution in [0.3, 0.4) is 0 Å². The Bertz CT molecular complexity index is 662. The highest BCUT2D eigenvalue weighted by atomic mass is 35.5. The first-order valence-electron chi connectivity index (χ1n) is 5.72. The summed E-state index contributed by atoms with van der Waals surface area (Å²) in [6, 6.07) is 6.25. The smallest absolute Gasteiger partial charge is 0.234 e. The summed E-state index contributed by atoms with van der Waals surface area (Å²) in [5, 5.41) is 3.88. The lowest BCUT2D eigenvalue weighted by Crippen LogP contribution is -2.14. The van der Waals surface area contributed by atoms with Crippen molar-refractivity contribution in [2.45, 2.75) is 5.16 Å². The van der Waals surface area contributed by atoms with Gasteiger partial charge < -0.3 is 16.8 Å². The number of carbonyl (C=O) groups is 1. The van der Waals surface area contributed by atoms with E-state index in [0.717, 1.165) is 11.8 Å². The third-order valence-corrected chi connectivity index (χ3v) is 3.69. The van der Waals surface area contributed by atoms with E-state index in [2.05, 4.69) is 15.3 Å². The quantitative estimate of drug-likeness (QED) is 0.581. The average Bonchev–Trinajstić information content (AvgIpc) is 2.40. The molecule has 9 heteroatoms. The SMILES string of the molecule is Nc1cc(N)nc(SCC(=O)Nc2cc(Cl)ccc2Cl)n1. The van der Waals surface area contributed by atoms with Gasteiger partial charge in [0.1, 0.15) is 11.6 Å². The highest BCUT2D eigenvalue weighted by molar-refractivity contribution is 7.99. The monoisotopic (exact) mass is 343 g/mol. The van der Waals surface area contributed by atoms with Crippen molar-refractivity contribution in [3.8, 4) is 0 Å². The van der Waals surface area contributed by atoms with Crippen LogP contribution in [0.15, 0.2) is 29.4 Å². The number of hydrogen-bond acceptors (Lipinski definition) is 6. The number of anilines is 3. The van der Waals surface area contributed by atoms with Crippen molar-refractivity contribution in [1.82, 2.24) is 9.97 Å². The number of nitrogens with two attached hydrogens (primary N) is 2. The van der Waals surface area contributed by atoms with Crippen molar-refractivity contribution >= 4 is 58.2 Å². The second-order valence-corrected chi connectivity index (χ2v) is 5.75. The van der Waals surface area contributed by atoms with Gasteiger partial charge in [0.25, 0.3) is 0 Å². The fourth-order valence-corrected chi connectivity index (χ4v) is 2.45. The lowest BCUT2D eigenvalue weighted by molar-refractivity contribution is -0.113. The molecule has 2 aromatic rings. The minimum Gasteiger partial charge on any atom is -0.383 e. The van der Waals surface area contributed by atoms with E-state index in [0.29, 0.717) is 20.9 Å². The fraction of sp³-hybridized carbons (Fsp3) is 0.0833. The van der Waals surface area contributed by atoms with Gasteiger partial charge in [-0.3, -0.25) is 4.79 Å². The molecular formula is C12H11Cl2N5OS. The van der Waals surface area contributed by atoms with Crippen LogP contribution in [0.5, 0.6) is 0 Å². The average molecular weight is 344 g/mol. The van der Waals surface area contributed by atoms with E-state index in [1.807, 2.05) is 0 Å². The highest BCUT2D eigenvalue weighted by Gasteiger charge is 2.09. The third kappa shape index (κ3) is 4.66. The summed E-state index contributed by atoms with van der Waals surface area (Å²) < 4.78 is 0. The molecule has 0 aliphatic carbocycles. The highest BCUT2D eigenvalue weighted by Crippen LogP contribution is 2.26. The number of thioether (sulfide) groups is 1.